The Balaban J connectivity index is 1.46. The molecule has 0 saturated heterocycles. The highest BCUT2D eigenvalue weighted by Gasteiger charge is 2.07. The molecule has 1 aromatic heterocycles. The predicted octanol–water partition coefficient (Wildman–Crippen LogP) is 3.44. The van der Waals surface area contributed by atoms with E-state index in [4.69, 9.17) is 4.74 Å². The Morgan fingerprint density at radius 2 is 1.70 bits per heavy atom. The molecule has 1 heterocycles. The van der Waals surface area contributed by atoms with Gasteiger partial charge in [-0.15, -0.1) is 0 Å². The van der Waals surface area contributed by atoms with E-state index in [-0.39, 0.29) is 0 Å². The Labute approximate surface area is 160 Å². The molecular formula is C22H28N4O. The second kappa shape index (κ2) is 9.12. The molecule has 0 amide bonds. The van der Waals surface area contributed by atoms with Crippen LogP contribution in [0.5, 0.6) is 5.75 Å². The number of nitrogens with one attached hydrogen (secondary N) is 3. The minimum atomic E-state index is 0.831. The molecule has 5 heteroatoms. The summed E-state index contributed by atoms with van der Waals surface area (Å²) in [5.74, 6) is 1.72. The van der Waals surface area contributed by atoms with E-state index < -0.39 is 0 Å². The molecular weight excluding hydrogens is 336 g/mol. The van der Waals surface area contributed by atoms with Crippen molar-refractivity contribution in [2.24, 2.45) is 4.99 Å². The van der Waals surface area contributed by atoms with Crippen LogP contribution in [0.15, 0.2) is 53.5 Å². The van der Waals surface area contributed by atoms with Gasteiger partial charge in [-0.3, -0.25) is 4.99 Å². The van der Waals surface area contributed by atoms with Crippen molar-refractivity contribution in [2.45, 2.75) is 19.8 Å². The number of rotatable bonds is 7. The molecule has 2 aromatic carbocycles. The van der Waals surface area contributed by atoms with Gasteiger partial charge in [0.15, 0.2) is 5.96 Å². The van der Waals surface area contributed by atoms with Crippen LogP contribution >= 0.6 is 0 Å². The van der Waals surface area contributed by atoms with Crippen molar-refractivity contribution in [1.82, 2.24) is 15.6 Å². The van der Waals surface area contributed by atoms with Crippen LogP contribution in [0.1, 0.15) is 16.8 Å². The first kappa shape index (κ1) is 18.8. The first-order valence-corrected chi connectivity index (χ1v) is 9.35. The maximum absolute atomic E-state index is 5.19. The number of guanidine groups is 1. The number of benzene rings is 2. The highest BCUT2D eigenvalue weighted by Crippen LogP contribution is 2.21. The van der Waals surface area contributed by atoms with Crippen LogP contribution in [0, 0.1) is 6.92 Å². The molecule has 3 aromatic rings. The van der Waals surface area contributed by atoms with Crippen molar-refractivity contribution in [1.29, 1.82) is 0 Å². The summed E-state index contributed by atoms with van der Waals surface area (Å²) in [6.07, 6.45) is 1.89. The molecule has 0 atom stereocenters. The zero-order chi connectivity index (χ0) is 19.1. The lowest BCUT2D eigenvalue weighted by Crippen LogP contribution is -2.39. The number of hydrogen-bond donors (Lipinski definition) is 3. The van der Waals surface area contributed by atoms with Gasteiger partial charge in [0.2, 0.25) is 0 Å². The van der Waals surface area contributed by atoms with Crippen LogP contribution in [0.4, 0.5) is 0 Å². The summed E-state index contributed by atoms with van der Waals surface area (Å²) in [6, 6.07) is 16.6. The van der Waals surface area contributed by atoms with E-state index in [1.807, 2.05) is 12.1 Å². The molecule has 142 valence electrons. The van der Waals surface area contributed by atoms with Crippen LogP contribution < -0.4 is 15.4 Å². The lowest BCUT2D eigenvalue weighted by Gasteiger charge is -2.12. The summed E-state index contributed by atoms with van der Waals surface area (Å²) >= 11 is 0. The zero-order valence-corrected chi connectivity index (χ0v) is 16.3. The van der Waals surface area contributed by atoms with Gasteiger partial charge in [0.1, 0.15) is 5.75 Å². The van der Waals surface area contributed by atoms with E-state index in [1.165, 1.54) is 27.7 Å². The van der Waals surface area contributed by atoms with Crippen LogP contribution in [0.2, 0.25) is 0 Å². The molecule has 0 spiro atoms. The van der Waals surface area contributed by atoms with Crippen molar-refractivity contribution in [2.75, 3.05) is 27.2 Å². The minimum Gasteiger partial charge on any atom is -0.497 e. The van der Waals surface area contributed by atoms with Gasteiger partial charge in [0, 0.05) is 36.7 Å². The number of aromatic amines is 1. The standard InChI is InChI=1S/C22H28N4O/c1-16-19(20-6-4-5-7-21(20)26-16)13-15-25-22(23-2)24-14-12-17-8-10-18(27-3)11-9-17/h4-11,26H,12-15H2,1-3H3,(H2,23,24,25). The molecule has 0 aliphatic carbocycles. The van der Waals surface area contributed by atoms with Crippen molar-refractivity contribution in [3.05, 3.63) is 65.4 Å². The summed E-state index contributed by atoms with van der Waals surface area (Å²) < 4.78 is 5.19. The van der Waals surface area contributed by atoms with Gasteiger partial charge in [-0.25, -0.2) is 0 Å². The number of methoxy groups -OCH3 is 1. The zero-order valence-electron chi connectivity index (χ0n) is 16.3. The number of nitrogens with zero attached hydrogens (tertiary/aromatic N) is 1. The van der Waals surface area contributed by atoms with Crippen LogP contribution in [-0.4, -0.2) is 38.2 Å². The molecule has 0 aliphatic rings. The lowest BCUT2D eigenvalue weighted by molar-refractivity contribution is 0.414. The van der Waals surface area contributed by atoms with E-state index >= 15 is 0 Å². The van der Waals surface area contributed by atoms with Gasteiger partial charge < -0.3 is 20.4 Å². The number of aliphatic imine (C=N–C) groups is 1. The third-order valence-corrected chi connectivity index (χ3v) is 4.78. The maximum Gasteiger partial charge on any atom is 0.190 e. The summed E-state index contributed by atoms with van der Waals surface area (Å²) in [5, 5.41) is 8.09. The largest absolute Gasteiger partial charge is 0.497 e. The summed E-state index contributed by atoms with van der Waals surface area (Å²) in [5.41, 5.74) is 5.08. The van der Waals surface area contributed by atoms with Crippen molar-refractivity contribution < 1.29 is 4.74 Å². The van der Waals surface area contributed by atoms with E-state index in [1.54, 1.807) is 14.2 Å². The number of H-pyrrole nitrogens is 1. The Morgan fingerprint density at radius 3 is 2.41 bits per heavy atom. The maximum atomic E-state index is 5.19. The second-order valence-corrected chi connectivity index (χ2v) is 6.55. The molecule has 0 saturated carbocycles. The summed E-state index contributed by atoms with van der Waals surface area (Å²) in [4.78, 5) is 7.77. The van der Waals surface area contributed by atoms with Gasteiger partial charge in [-0.1, -0.05) is 30.3 Å². The molecule has 3 N–H and O–H groups in total. The fourth-order valence-electron chi connectivity index (χ4n) is 3.30. The Morgan fingerprint density at radius 1 is 1.00 bits per heavy atom. The summed E-state index contributed by atoms with van der Waals surface area (Å²) in [7, 11) is 3.49. The van der Waals surface area contributed by atoms with Crippen molar-refractivity contribution >= 4 is 16.9 Å². The molecule has 0 radical (unpaired) electrons. The molecule has 5 nitrogen and oxygen atoms in total. The average molecular weight is 364 g/mol. The Kier molecular flexibility index (Phi) is 6.36. The van der Waals surface area contributed by atoms with E-state index in [0.29, 0.717) is 0 Å². The topological polar surface area (TPSA) is 61.4 Å². The highest BCUT2D eigenvalue weighted by atomic mass is 16.5. The molecule has 27 heavy (non-hydrogen) atoms. The Hall–Kier alpha value is -2.95. The van der Waals surface area contributed by atoms with Crippen LogP contribution in [0.3, 0.4) is 0 Å². The van der Waals surface area contributed by atoms with Gasteiger partial charge in [0.25, 0.3) is 0 Å². The van der Waals surface area contributed by atoms with E-state index in [9.17, 15) is 0 Å². The van der Waals surface area contributed by atoms with Crippen LogP contribution in [0.25, 0.3) is 10.9 Å². The van der Waals surface area contributed by atoms with Crippen LogP contribution in [-0.2, 0) is 12.8 Å². The van der Waals surface area contributed by atoms with E-state index in [2.05, 4.69) is 63.9 Å². The molecule has 0 bridgehead atoms. The number of hydrogen-bond acceptors (Lipinski definition) is 2. The third-order valence-electron chi connectivity index (χ3n) is 4.78. The fraction of sp³-hybridized carbons (Fsp3) is 0.318. The number of para-hydroxylation sites is 1. The minimum absolute atomic E-state index is 0.831. The molecule has 0 unspecified atom stereocenters. The summed E-state index contributed by atoms with van der Waals surface area (Å²) in [6.45, 7) is 3.81. The van der Waals surface area contributed by atoms with Gasteiger partial charge in [-0.05, 0) is 49.1 Å². The quantitative estimate of drug-likeness (QED) is 0.445. The molecule has 3 rings (SSSR count). The smallest absolute Gasteiger partial charge is 0.190 e. The number of fused-ring (bicyclic) bond motifs is 1. The van der Waals surface area contributed by atoms with Crippen molar-refractivity contribution in [3.63, 3.8) is 0 Å². The fourth-order valence-corrected chi connectivity index (χ4v) is 3.30. The predicted molar refractivity (Wildman–Crippen MR) is 113 cm³/mol. The normalized spacial score (nSPS) is 11.6. The molecule has 0 aliphatic heterocycles. The second-order valence-electron chi connectivity index (χ2n) is 6.55. The van der Waals surface area contributed by atoms with E-state index in [0.717, 1.165) is 37.6 Å². The third kappa shape index (κ3) is 4.82. The molecule has 0 fully saturated rings. The number of aryl methyl sites for hydroxylation is 1. The Bertz CT molecular complexity index is 896. The number of ether oxygens (including phenoxy) is 1. The lowest BCUT2D eigenvalue weighted by atomic mass is 10.1. The van der Waals surface area contributed by atoms with Gasteiger partial charge in [-0.2, -0.15) is 0 Å². The SMILES string of the molecule is CN=C(NCCc1ccc(OC)cc1)NCCc1c(C)[nH]c2ccccc12. The number of aromatic nitrogens is 1. The first-order chi connectivity index (χ1) is 13.2. The van der Waals surface area contributed by atoms with Gasteiger partial charge >= 0.3 is 0 Å². The first-order valence-electron chi connectivity index (χ1n) is 9.35. The highest BCUT2D eigenvalue weighted by molar-refractivity contribution is 5.84. The van der Waals surface area contributed by atoms with Crippen molar-refractivity contribution in [3.8, 4) is 5.75 Å². The van der Waals surface area contributed by atoms with Gasteiger partial charge in [0.05, 0.1) is 7.11 Å². The monoisotopic (exact) mass is 364 g/mol. The average Bonchev–Trinajstić information content (AvgIpc) is 3.02.